The summed E-state index contributed by atoms with van der Waals surface area (Å²) in [6, 6.07) is 6.51. The van der Waals surface area contributed by atoms with Crippen LogP contribution in [0, 0.1) is 0 Å². The highest BCUT2D eigenvalue weighted by Crippen LogP contribution is 2.11. The van der Waals surface area contributed by atoms with Gasteiger partial charge in [0.15, 0.2) is 0 Å². The summed E-state index contributed by atoms with van der Waals surface area (Å²) in [5.74, 6) is -0.750. The van der Waals surface area contributed by atoms with Gasteiger partial charge in [0.25, 0.3) is 0 Å². The van der Waals surface area contributed by atoms with E-state index in [0.717, 1.165) is 11.3 Å². The Morgan fingerprint density at radius 3 is 2.47 bits per heavy atom. The summed E-state index contributed by atoms with van der Waals surface area (Å²) in [5.41, 5.74) is 5.94. The molecule has 0 aliphatic carbocycles. The third-order valence-electron chi connectivity index (χ3n) is 2.69. The molecule has 0 heterocycles. The Labute approximate surface area is 111 Å². The number of primary amides is 1. The molecular formula is C13H18N2O4. The van der Waals surface area contributed by atoms with Crippen LogP contribution in [0.4, 0.5) is 0 Å². The van der Waals surface area contributed by atoms with Gasteiger partial charge in [0.1, 0.15) is 11.8 Å². The molecule has 1 unspecified atom stereocenters. The molecule has 0 aliphatic rings. The van der Waals surface area contributed by atoms with Crippen molar-refractivity contribution < 1.29 is 19.4 Å². The Balaban J connectivity index is 2.50. The van der Waals surface area contributed by atoms with Crippen LogP contribution in [-0.2, 0) is 16.1 Å². The van der Waals surface area contributed by atoms with Crippen LogP contribution in [0.1, 0.15) is 18.4 Å². The molecule has 1 aromatic rings. The second-order valence-corrected chi connectivity index (χ2v) is 4.12. The molecule has 0 saturated heterocycles. The third-order valence-corrected chi connectivity index (χ3v) is 2.69. The topological polar surface area (TPSA) is 102 Å². The van der Waals surface area contributed by atoms with E-state index >= 15 is 0 Å². The zero-order valence-electron chi connectivity index (χ0n) is 10.8. The van der Waals surface area contributed by atoms with Crippen LogP contribution in [0.5, 0.6) is 5.75 Å². The number of carbonyl (C=O) groups excluding carboxylic acids is 1. The van der Waals surface area contributed by atoms with E-state index in [1.54, 1.807) is 19.2 Å². The maximum absolute atomic E-state index is 11.0. The zero-order valence-corrected chi connectivity index (χ0v) is 10.8. The summed E-state index contributed by atoms with van der Waals surface area (Å²) in [6.07, 6.45) is 0.230. The maximum atomic E-state index is 11.0. The van der Waals surface area contributed by atoms with Crippen molar-refractivity contribution in [1.29, 1.82) is 0 Å². The second kappa shape index (κ2) is 7.38. The van der Waals surface area contributed by atoms with Gasteiger partial charge in [0.2, 0.25) is 5.91 Å². The fourth-order valence-electron chi connectivity index (χ4n) is 1.58. The summed E-state index contributed by atoms with van der Waals surface area (Å²) in [4.78, 5) is 21.7. The SMILES string of the molecule is COc1ccc(CNC(CCC(N)=O)C(=O)O)cc1. The van der Waals surface area contributed by atoms with Gasteiger partial charge in [0, 0.05) is 13.0 Å². The molecule has 6 heteroatoms. The minimum atomic E-state index is -0.991. The fourth-order valence-corrected chi connectivity index (χ4v) is 1.58. The van der Waals surface area contributed by atoms with Crippen LogP contribution in [0.25, 0.3) is 0 Å². The molecule has 0 aromatic heterocycles. The first kappa shape index (κ1) is 15.0. The number of hydrogen-bond acceptors (Lipinski definition) is 4. The number of benzene rings is 1. The number of ether oxygens (including phenoxy) is 1. The van der Waals surface area contributed by atoms with Crippen LogP contribution in [0.3, 0.4) is 0 Å². The minimum absolute atomic E-state index is 0.0482. The van der Waals surface area contributed by atoms with E-state index < -0.39 is 17.9 Å². The first-order chi connectivity index (χ1) is 9.02. The van der Waals surface area contributed by atoms with Crippen LogP contribution in [0.15, 0.2) is 24.3 Å². The first-order valence-electron chi connectivity index (χ1n) is 5.90. The number of methoxy groups -OCH3 is 1. The first-order valence-corrected chi connectivity index (χ1v) is 5.90. The van der Waals surface area contributed by atoms with E-state index in [2.05, 4.69) is 5.32 Å². The Morgan fingerprint density at radius 2 is 2.00 bits per heavy atom. The summed E-state index contributed by atoms with van der Waals surface area (Å²) < 4.78 is 5.03. The summed E-state index contributed by atoms with van der Waals surface area (Å²) in [7, 11) is 1.58. The minimum Gasteiger partial charge on any atom is -0.497 e. The molecule has 0 aliphatic heterocycles. The highest BCUT2D eigenvalue weighted by molar-refractivity contribution is 5.77. The standard InChI is InChI=1S/C13H18N2O4/c1-19-10-4-2-9(3-5-10)8-15-11(13(17)18)6-7-12(14)16/h2-5,11,15H,6-8H2,1H3,(H2,14,16)(H,17,18). The van der Waals surface area contributed by atoms with Crippen molar-refractivity contribution in [2.24, 2.45) is 5.73 Å². The van der Waals surface area contributed by atoms with Gasteiger partial charge in [-0.1, -0.05) is 12.1 Å². The Hall–Kier alpha value is -2.08. The van der Waals surface area contributed by atoms with Gasteiger partial charge in [-0.25, -0.2) is 0 Å². The van der Waals surface area contributed by atoms with Gasteiger partial charge < -0.3 is 20.9 Å². The molecule has 0 saturated carbocycles. The van der Waals surface area contributed by atoms with Crippen molar-refractivity contribution in [3.63, 3.8) is 0 Å². The number of aliphatic carboxylic acids is 1. The Morgan fingerprint density at radius 1 is 1.37 bits per heavy atom. The number of amides is 1. The Kier molecular flexibility index (Phi) is 5.81. The highest BCUT2D eigenvalue weighted by Gasteiger charge is 2.17. The van der Waals surface area contributed by atoms with Crippen molar-refractivity contribution in [2.45, 2.75) is 25.4 Å². The summed E-state index contributed by atoms with van der Waals surface area (Å²) in [6.45, 7) is 0.403. The fraction of sp³-hybridized carbons (Fsp3) is 0.385. The number of carboxylic acids is 1. The van der Waals surface area contributed by atoms with Crippen molar-refractivity contribution in [3.8, 4) is 5.75 Å². The molecule has 1 atom stereocenters. The normalized spacial score (nSPS) is 11.8. The summed E-state index contributed by atoms with van der Waals surface area (Å²) >= 11 is 0. The van der Waals surface area contributed by atoms with E-state index in [-0.39, 0.29) is 12.8 Å². The average Bonchev–Trinajstić information content (AvgIpc) is 2.38. The van der Waals surface area contributed by atoms with Crippen molar-refractivity contribution in [2.75, 3.05) is 7.11 Å². The molecule has 104 valence electrons. The van der Waals surface area contributed by atoms with Gasteiger partial charge in [-0.05, 0) is 24.1 Å². The van der Waals surface area contributed by atoms with E-state index in [1.165, 1.54) is 0 Å². The molecular weight excluding hydrogens is 248 g/mol. The molecule has 0 radical (unpaired) electrons. The largest absolute Gasteiger partial charge is 0.497 e. The van der Waals surface area contributed by atoms with Gasteiger partial charge in [-0.3, -0.25) is 9.59 Å². The average molecular weight is 266 g/mol. The number of hydrogen-bond donors (Lipinski definition) is 3. The lowest BCUT2D eigenvalue weighted by Gasteiger charge is -2.13. The molecule has 1 amide bonds. The van der Waals surface area contributed by atoms with Gasteiger partial charge in [0.05, 0.1) is 7.11 Å². The molecule has 0 spiro atoms. The molecule has 1 rings (SSSR count). The number of carbonyl (C=O) groups is 2. The van der Waals surface area contributed by atoms with Crippen LogP contribution >= 0.6 is 0 Å². The third kappa shape index (κ3) is 5.39. The second-order valence-electron chi connectivity index (χ2n) is 4.12. The van der Waals surface area contributed by atoms with Gasteiger partial charge in [-0.15, -0.1) is 0 Å². The number of carboxylic acid groups (broad SMARTS) is 1. The molecule has 0 fully saturated rings. The van der Waals surface area contributed by atoms with Crippen molar-refractivity contribution in [3.05, 3.63) is 29.8 Å². The Bertz CT molecular complexity index is 431. The molecule has 19 heavy (non-hydrogen) atoms. The number of rotatable bonds is 8. The predicted molar refractivity (Wildman–Crippen MR) is 69.7 cm³/mol. The van der Waals surface area contributed by atoms with Crippen LogP contribution < -0.4 is 15.8 Å². The molecule has 6 nitrogen and oxygen atoms in total. The van der Waals surface area contributed by atoms with E-state index in [0.29, 0.717) is 6.54 Å². The molecule has 0 bridgehead atoms. The van der Waals surface area contributed by atoms with Crippen LogP contribution in [-0.4, -0.2) is 30.1 Å². The monoisotopic (exact) mass is 266 g/mol. The lowest BCUT2D eigenvalue weighted by molar-refractivity contribution is -0.139. The van der Waals surface area contributed by atoms with Gasteiger partial charge >= 0.3 is 5.97 Å². The highest BCUT2D eigenvalue weighted by atomic mass is 16.5. The van der Waals surface area contributed by atoms with Crippen LogP contribution in [0.2, 0.25) is 0 Å². The lowest BCUT2D eigenvalue weighted by Crippen LogP contribution is -2.37. The maximum Gasteiger partial charge on any atom is 0.320 e. The molecule has 4 N–H and O–H groups in total. The zero-order chi connectivity index (χ0) is 14.3. The smallest absolute Gasteiger partial charge is 0.320 e. The van der Waals surface area contributed by atoms with Gasteiger partial charge in [-0.2, -0.15) is 0 Å². The number of nitrogens with one attached hydrogen (secondary N) is 1. The molecule has 1 aromatic carbocycles. The van der Waals surface area contributed by atoms with Crippen molar-refractivity contribution >= 4 is 11.9 Å². The van der Waals surface area contributed by atoms with E-state index in [9.17, 15) is 9.59 Å². The van der Waals surface area contributed by atoms with E-state index in [1.807, 2.05) is 12.1 Å². The summed E-state index contributed by atoms with van der Waals surface area (Å²) in [5, 5.41) is 11.9. The lowest BCUT2D eigenvalue weighted by atomic mass is 10.1. The quantitative estimate of drug-likeness (QED) is 0.636. The number of nitrogens with two attached hydrogens (primary N) is 1. The van der Waals surface area contributed by atoms with Crippen molar-refractivity contribution in [1.82, 2.24) is 5.32 Å². The van der Waals surface area contributed by atoms with E-state index in [4.69, 9.17) is 15.6 Å². The predicted octanol–water partition coefficient (Wildman–Crippen LogP) is 0.503.